The predicted octanol–water partition coefficient (Wildman–Crippen LogP) is 2.12. The molecule has 0 aliphatic heterocycles. The van der Waals surface area contributed by atoms with Crippen LogP contribution in [-0.2, 0) is 0 Å². The molecule has 2 rings (SSSR count). The number of anilines is 1. The first kappa shape index (κ1) is 13.2. The molecule has 0 saturated heterocycles. The van der Waals surface area contributed by atoms with Crippen LogP contribution < -0.4 is 16.8 Å². The fourth-order valence-corrected chi connectivity index (χ4v) is 2.72. The van der Waals surface area contributed by atoms with Gasteiger partial charge in [-0.05, 0) is 31.0 Å². The number of nitrogens with two attached hydrogens (primary N) is 2. The summed E-state index contributed by atoms with van der Waals surface area (Å²) < 4.78 is 0. The van der Waals surface area contributed by atoms with Crippen molar-refractivity contribution in [3.05, 3.63) is 28.8 Å². The summed E-state index contributed by atoms with van der Waals surface area (Å²) >= 11 is 5.89. The molecule has 0 bridgehead atoms. The van der Waals surface area contributed by atoms with Crippen molar-refractivity contribution in [2.75, 3.05) is 11.9 Å². The molecule has 5 N–H and O–H groups in total. The Morgan fingerprint density at radius 3 is 2.61 bits per heavy atom. The van der Waals surface area contributed by atoms with Crippen molar-refractivity contribution in [2.24, 2.45) is 11.5 Å². The molecule has 1 aliphatic rings. The summed E-state index contributed by atoms with van der Waals surface area (Å²) in [6, 6.07) is 5.12. The number of benzene rings is 1. The van der Waals surface area contributed by atoms with Crippen molar-refractivity contribution in [1.82, 2.24) is 0 Å². The third-order valence-corrected chi connectivity index (χ3v) is 3.83. The van der Waals surface area contributed by atoms with Gasteiger partial charge >= 0.3 is 0 Å². The zero-order valence-electron chi connectivity index (χ0n) is 10.2. The molecule has 1 fully saturated rings. The van der Waals surface area contributed by atoms with Crippen molar-refractivity contribution in [2.45, 2.75) is 31.2 Å². The molecule has 0 radical (unpaired) electrons. The fraction of sp³-hybridized carbons (Fsp3) is 0.462. The summed E-state index contributed by atoms with van der Waals surface area (Å²) in [6.45, 7) is 0.549. The second kappa shape index (κ2) is 5.16. The summed E-state index contributed by atoms with van der Waals surface area (Å²) in [5.74, 6) is -0.481. The number of carbonyl (C=O) groups excluding carboxylic acids is 1. The lowest BCUT2D eigenvalue weighted by atomic mass is 9.96. The van der Waals surface area contributed by atoms with E-state index in [2.05, 4.69) is 5.32 Å². The van der Waals surface area contributed by atoms with Crippen LogP contribution >= 0.6 is 11.6 Å². The Bertz CT molecular complexity index is 456. The number of rotatable bonds is 4. The molecular formula is C13H18ClN3O. The molecule has 98 valence electrons. The van der Waals surface area contributed by atoms with E-state index in [-0.39, 0.29) is 5.54 Å². The summed E-state index contributed by atoms with van der Waals surface area (Å²) in [6.07, 6.45) is 4.35. The second-order valence-electron chi connectivity index (χ2n) is 4.87. The van der Waals surface area contributed by atoms with Crippen LogP contribution in [0.2, 0.25) is 5.02 Å². The van der Waals surface area contributed by atoms with Crippen molar-refractivity contribution in [3.8, 4) is 0 Å². The fourth-order valence-electron chi connectivity index (χ4n) is 2.55. The van der Waals surface area contributed by atoms with E-state index < -0.39 is 5.91 Å². The van der Waals surface area contributed by atoms with Crippen molar-refractivity contribution < 1.29 is 4.79 Å². The maximum atomic E-state index is 11.4. The maximum Gasteiger partial charge on any atom is 0.250 e. The van der Waals surface area contributed by atoms with Crippen LogP contribution in [0, 0.1) is 0 Å². The number of primary amides is 1. The molecule has 1 saturated carbocycles. The second-order valence-corrected chi connectivity index (χ2v) is 5.31. The third kappa shape index (κ3) is 2.60. The van der Waals surface area contributed by atoms with E-state index in [1.54, 1.807) is 18.2 Å². The first-order chi connectivity index (χ1) is 8.56. The van der Waals surface area contributed by atoms with E-state index in [0.29, 0.717) is 17.1 Å². The van der Waals surface area contributed by atoms with E-state index >= 15 is 0 Å². The molecule has 1 aromatic rings. The highest BCUT2D eigenvalue weighted by Gasteiger charge is 2.32. The SMILES string of the molecule is NCC1(Nc2ccc(Cl)cc2C(N)=O)CCCC1. The number of hydrogen-bond donors (Lipinski definition) is 3. The van der Waals surface area contributed by atoms with Gasteiger partial charge in [0.1, 0.15) is 0 Å². The van der Waals surface area contributed by atoms with Crippen LogP contribution in [0.3, 0.4) is 0 Å². The molecule has 1 aromatic carbocycles. The Hall–Kier alpha value is -1.26. The number of nitrogens with one attached hydrogen (secondary N) is 1. The van der Waals surface area contributed by atoms with Crippen LogP contribution in [-0.4, -0.2) is 18.0 Å². The summed E-state index contributed by atoms with van der Waals surface area (Å²) in [4.78, 5) is 11.4. The van der Waals surface area contributed by atoms with Crippen LogP contribution in [0.5, 0.6) is 0 Å². The highest BCUT2D eigenvalue weighted by molar-refractivity contribution is 6.31. The lowest BCUT2D eigenvalue weighted by Crippen LogP contribution is -2.43. The first-order valence-corrected chi connectivity index (χ1v) is 6.52. The van der Waals surface area contributed by atoms with Gasteiger partial charge in [-0.1, -0.05) is 24.4 Å². The Morgan fingerprint density at radius 2 is 2.06 bits per heavy atom. The van der Waals surface area contributed by atoms with E-state index in [1.165, 1.54) is 0 Å². The monoisotopic (exact) mass is 267 g/mol. The van der Waals surface area contributed by atoms with Gasteiger partial charge in [0.25, 0.3) is 5.91 Å². The summed E-state index contributed by atoms with van der Waals surface area (Å²) in [5.41, 5.74) is 12.3. The number of halogens is 1. The van der Waals surface area contributed by atoms with Crippen molar-refractivity contribution in [3.63, 3.8) is 0 Å². The molecular weight excluding hydrogens is 250 g/mol. The Kier molecular flexibility index (Phi) is 3.78. The largest absolute Gasteiger partial charge is 0.378 e. The van der Waals surface area contributed by atoms with Crippen LogP contribution in [0.25, 0.3) is 0 Å². The molecule has 18 heavy (non-hydrogen) atoms. The van der Waals surface area contributed by atoms with Gasteiger partial charge in [-0.3, -0.25) is 4.79 Å². The minimum Gasteiger partial charge on any atom is -0.378 e. The quantitative estimate of drug-likeness (QED) is 0.782. The molecule has 0 atom stereocenters. The van der Waals surface area contributed by atoms with Gasteiger partial charge in [-0.15, -0.1) is 0 Å². The van der Waals surface area contributed by atoms with E-state index in [4.69, 9.17) is 23.1 Å². The first-order valence-electron chi connectivity index (χ1n) is 6.14. The van der Waals surface area contributed by atoms with E-state index in [9.17, 15) is 4.79 Å². The standard InChI is InChI=1S/C13H18ClN3O/c14-9-3-4-11(10(7-9)12(16)18)17-13(8-15)5-1-2-6-13/h3-4,7,17H,1-2,5-6,8,15H2,(H2,16,18). The highest BCUT2D eigenvalue weighted by Crippen LogP contribution is 2.33. The molecule has 5 heteroatoms. The molecule has 0 spiro atoms. The minimum atomic E-state index is -0.481. The van der Waals surface area contributed by atoms with Gasteiger partial charge in [0, 0.05) is 22.8 Å². The van der Waals surface area contributed by atoms with Crippen molar-refractivity contribution in [1.29, 1.82) is 0 Å². The molecule has 0 heterocycles. The minimum absolute atomic E-state index is 0.113. The van der Waals surface area contributed by atoms with Crippen LogP contribution in [0.1, 0.15) is 36.0 Å². The summed E-state index contributed by atoms with van der Waals surface area (Å²) in [5, 5.41) is 3.90. The van der Waals surface area contributed by atoms with Gasteiger partial charge in [-0.25, -0.2) is 0 Å². The molecule has 4 nitrogen and oxygen atoms in total. The number of amides is 1. The zero-order valence-corrected chi connectivity index (χ0v) is 11.0. The van der Waals surface area contributed by atoms with E-state index in [0.717, 1.165) is 31.4 Å². The van der Waals surface area contributed by atoms with Gasteiger partial charge in [0.05, 0.1) is 5.56 Å². The third-order valence-electron chi connectivity index (χ3n) is 3.60. The topological polar surface area (TPSA) is 81.1 Å². The number of hydrogen-bond acceptors (Lipinski definition) is 3. The molecule has 0 aromatic heterocycles. The highest BCUT2D eigenvalue weighted by atomic mass is 35.5. The zero-order chi connectivity index (χ0) is 13.2. The Labute approximate surface area is 112 Å². The van der Waals surface area contributed by atoms with Crippen molar-refractivity contribution >= 4 is 23.2 Å². The number of carbonyl (C=O) groups is 1. The summed E-state index contributed by atoms with van der Waals surface area (Å²) in [7, 11) is 0. The molecule has 1 amide bonds. The van der Waals surface area contributed by atoms with Crippen LogP contribution in [0.15, 0.2) is 18.2 Å². The Balaban J connectivity index is 2.30. The average Bonchev–Trinajstić information content (AvgIpc) is 2.80. The smallest absolute Gasteiger partial charge is 0.250 e. The lowest BCUT2D eigenvalue weighted by Gasteiger charge is -2.30. The van der Waals surface area contributed by atoms with E-state index in [1.807, 2.05) is 0 Å². The van der Waals surface area contributed by atoms with Gasteiger partial charge < -0.3 is 16.8 Å². The Morgan fingerprint density at radius 1 is 1.39 bits per heavy atom. The molecule has 0 unspecified atom stereocenters. The van der Waals surface area contributed by atoms with Crippen LogP contribution in [0.4, 0.5) is 5.69 Å². The van der Waals surface area contributed by atoms with Gasteiger partial charge in [0.2, 0.25) is 0 Å². The van der Waals surface area contributed by atoms with Gasteiger partial charge in [-0.2, -0.15) is 0 Å². The average molecular weight is 268 g/mol. The predicted molar refractivity (Wildman–Crippen MR) is 73.8 cm³/mol. The normalized spacial score (nSPS) is 17.7. The molecule has 1 aliphatic carbocycles. The lowest BCUT2D eigenvalue weighted by molar-refractivity contribution is 0.100. The van der Waals surface area contributed by atoms with Gasteiger partial charge in [0.15, 0.2) is 0 Å². The maximum absolute atomic E-state index is 11.4.